The summed E-state index contributed by atoms with van der Waals surface area (Å²) in [4.78, 5) is 1.31. The van der Waals surface area contributed by atoms with Crippen molar-refractivity contribution in [2.75, 3.05) is 6.26 Å². The van der Waals surface area contributed by atoms with Gasteiger partial charge in [-0.15, -0.1) is 11.8 Å². The van der Waals surface area contributed by atoms with E-state index in [9.17, 15) is 0 Å². The van der Waals surface area contributed by atoms with Gasteiger partial charge in [-0.2, -0.15) is 4.37 Å². The van der Waals surface area contributed by atoms with Crippen LogP contribution in [0, 0.1) is 6.92 Å². The van der Waals surface area contributed by atoms with Crippen molar-refractivity contribution in [2.24, 2.45) is 0 Å². The number of nitrogens with zero attached hydrogens (tertiary/aromatic N) is 1. The third-order valence-corrected chi connectivity index (χ3v) is 3.50. The largest absolute Gasteiger partial charge is 0.197 e. The molecule has 0 aliphatic carbocycles. The highest BCUT2D eigenvalue weighted by molar-refractivity contribution is 7.98. The van der Waals surface area contributed by atoms with Gasteiger partial charge in [0.2, 0.25) is 0 Å². The number of rotatable bonds is 1. The molecule has 0 N–H and O–H groups in total. The third kappa shape index (κ3) is 1.23. The summed E-state index contributed by atoms with van der Waals surface area (Å²) in [5, 5.41) is 1.30. The summed E-state index contributed by atoms with van der Waals surface area (Å²) in [7, 11) is 0. The Hall–Kier alpha value is -0.540. The van der Waals surface area contributed by atoms with Crippen LogP contribution < -0.4 is 0 Å². The number of aromatic nitrogens is 1. The molecule has 0 aliphatic heterocycles. The van der Waals surface area contributed by atoms with Gasteiger partial charge in [0.15, 0.2) is 0 Å². The predicted octanol–water partition coefficient (Wildman–Crippen LogP) is 3.33. The molecule has 0 bridgehead atoms. The maximum Gasteiger partial charge on any atom is 0.0590 e. The minimum Gasteiger partial charge on any atom is -0.197 e. The van der Waals surface area contributed by atoms with E-state index in [0.29, 0.717) is 0 Å². The number of aryl methyl sites for hydroxylation is 1. The minimum atomic E-state index is 1.14. The van der Waals surface area contributed by atoms with Crippen LogP contribution in [-0.2, 0) is 0 Å². The molecule has 0 amide bonds. The number of hydrogen-bond acceptors (Lipinski definition) is 3. The molecule has 0 unspecified atom stereocenters. The summed E-state index contributed by atoms with van der Waals surface area (Å²) in [6, 6.07) is 6.50. The minimum absolute atomic E-state index is 1.14. The first-order valence-corrected chi connectivity index (χ1v) is 5.71. The van der Waals surface area contributed by atoms with Crippen LogP contribution in [0.15, 0.2) is 23.1 Å². The lowest BCUT2D eigenvalue weighted by Gasteiger charge is -1.94. The van der Waals surface area contributed by atoms with Crippen molar-refractivity contribution in [3.05, 3.63) is 23.9 Å². The maximum atomic E-state index is 4.30. The molecule has 0 radical (unpaired) electrons. The third-order valence-electron chi connectivity index (χ3n) is 1.86. The molecule has 0 aliphatic rings. The highest BCUT2D eigenvalue weighted by atomic mass is 32.2. The molecule has 0 spiro atoms. The van der Waals surface area contributed by atoms with Crippen LogP contribution in [-0.4, -0.2) is 10.6 Å². The van der Waals surface area contributed by atoms with E-state index in [0.717, 1.165) is 5.69 Å². The average Bonchev–Trinajstić information content (AvgIpc) is 2.47. The second kappa shape index (κ2) is 3.07. The van der Waals surface area contributed by atoms with E-state index in [1.54, 1.807) is 23.3 Å². The standard InChI is InChI=1S/C9H9NS2/c1-6-8-5-7(11-2)3-4-9(8)12-10-6/h3-5H,1-2H3. The zero-order chi connectivity index (χ0) is 8.55. The fourth-order valence-corrected chi connectivity index (χ4v) is 2.37. The Bertz CT molecular complexity index is 406. The Labute approximate surface area is 80.0 Å². The smallest absolute Gasteiger partial charge is 0.0590 e. The summed E-state index contributed by atoms with van der Waals surface area (Å²) >= 11 is 3.35. The monoisotopic (exact) mass is 195 g/mol. The van der Waals surface area contributed by atoms with Crippen LogP contribution in [0.3, 0.4) is 0 Å². The Morgan fingerprint density at radius 2 is 2.25 bits per heavy atom. The summed E-state index contributed by atoms with van der Waals surface area (Å²) in [5.74, 6) is 0. The van der Waals surface area contributed by atoms with E-state index < -0.39 is 0 Å². The molecule has 1 aromatic carbocycles. The first-order valence-electron chi connectivity index (χ1n) is 3.71. The van der Waals surface area contributed by atoms with Crippen molar-refractivity contribution in [3.63, 3.8) is 0 Å². The molecular weight excluding hydrogens is 186 g/mol. The molecule has 0 atom stereocenters. The SMILES string of the molecule is CSc1ccc2snc(C)c2c1. The number of hydrogen-bond donors (Lipinski definition) is 0. The molecule has 0 saturated carbocycles. The van der Waals surface area contributed by atoms with E-state index in [1.165, 1.54) is 15.0 Å². The van der Waals surface area contributed by atoms with Crippen molar-refractivity contribution < 1.29 is 0 Å². The molecule has 0 saturated heterocycles. The summed E-state index contributed by atoms with van der Waals surface area (Å²) in [6.07, 6.45) is 2.09. The number of fused-ring (bicyclic) bond motifs is 1. The van der Waals surface area contributed by atoms with Gasteiger partial charge in [0.25, 0.3) is 0 Å². The van der Waals surface area contributed by atoms with E-state index in [4.69, 9.17) is 0 Å². The quantitative estimate of drug-likeness (QED) is 0.647. The van der Waals surface area contributed by atoms with E-state index in [2.05, 4.69) is 35.8 Å². The zero-order valence-electron chi connectivity index (χ0n) is 7.00. The van der Waals surface area contributed by atoms with Gasteiger partial charge in [0.05, 0.1) is 10.4 Å². The molecule has 2 rings (SSSR count). The Balaban J connectivity index is 2.71. The second-order valence-electron chi connectivity index (χ2n) is 2.63. The van der Waals surface area contributed by atoms with Gasteiger partial charge in [-0.3, -0.25) is 0 Å². The maximum absolute atomic E-state index is 4.30. The van der Waals surface area contributed by atoms with Crippen LogP contribution in [0.4, 0.5) is 0 Å². The van der Waals surface area contributed by atoms with Crippen molar-refractivity contribution in [3.8, 4) is 0 Å². The Morgan fingerprint density at radius 3 is 3.00 bits per heavy atom. The molecule has 1 heterocycles. The predicted molar refractivity (Wildman–Crippen MR) is 56.1 cm³/mol. The fourth-order valence-electron chi connectivity index (χ4n) is 1.17. The van der Waals surface area contributed by atoms with Crippen molar-refractivity contribution in [1.82, 2.24) is 4.37 Å². The highest BCUT2D eigenvalue weighted by Crippen LogP contribution is 2.26. The molecule has 1 aromatic heterocycles. The lowest BCUT2D eigenvalue weighted by Crippen LogP contribution is -1.71. The van der Waals surface area contributed by atoms with E-state index >= 15 is 0 Å². The Morgan fingerprint density at radius 1 is 1.42 bits per heavy atom. The van der Waals surface area contributed by atoms with Crippen molar-refractivity contribution in [1.29, 1.82) is 0 Å². The van der Waals surface area contributed by atoms with Crippen LogP contribution >= 0.6 is 23.3 Å². The zero-order valence-corrected chi connectivity index (χ0v) is 8.63. The lowest BCUT2D eigenvalue weighted by atomic mass is 10.2. The summed E-state index contributed by atoms with van der Waals surface area (Å²) in [5.41, 5.74) is 1.14. The fraction of sp³-hybridized carbons (Fsp3) is 0.222. The number of thioether (sulfide) groups is 1. The van der Waals surface area contributed by atoms with Gasteiger partial charge in [-0.1, -0.05) is 0 Å². The van der Waals surface area contributed by atoms with Gasteiger partial charge >= 0.3 is 0 Å². The molecular formula is C9H9NS2. The average molecular weight is 195 g/mol. The van der Waals surface area contributed by atoms with Crippen molar-refractivity contribution in [2.45, 2.75) is 11.8 Å². The topological polar surface area (TPSA) is 12.9 Å². The first kappa shape index (κ1) is 8.08. The van der Waals surface area contributed by atoms with Crippen LogP contribution in [0.25, 0.3) is 10.1 Å². The molecule has 3 heteroatoms. The molecule has 62 valence electrons. The second-order valence-corrected chi connectivity index (χ2v) is 4.31. The Kier molecular flexibility index (Phi) is 2.07. The normalized spacial score (nSPS) is 10.8. The van der Waals surface area contributed by atoms with Crippen molar-refractivity contribution >= 4 is 33.4 Å². The van der Waals surface area contributed by atoms with Gasteiger partial charge < -0.3 is 0 Å². The summed E-state index contributed by atoms with van der Waals surface area (Å²) in [6.45, 7) is 2.06. The number of benzene rings is 1. The van der Waals surface area contributed by atoms with E-state index in [1.807, 2.05) is 0 Å². The highest BCUT2D eigenvalue weighted by Gasteiger charge is 2.01. The molecule has 0 fully saturated rings. The molecule has 1 nitrogen and oxygen atoms in total. The van der Waals surface area contributed by atoms with E-state index in [-0.39, 0.29) is 0 Å². The van der Waals surface area contributed by atoms with Crippen LogP contribution in [0.5, 0.6) is 0 Å². The summed E-state index contributed by atoms with van der Waals surface area (Å²) < 4.78 is 5.59. The molecule has 12 heavy (non-hydrogen) atoms. The van der Waals surface area contributed by atoms with Gasteiger partial charge in [-0.25, -0.2) is 0 Å². The van der Waals surface area contributed by atoms with Gasteiger partial charge in [-0.05, 0) is 42.9 Å². The van der Waals surface area contributed by atoms with Crippen LogP contribution in [0.2, 0.25) is 0 Å². The molecule has 2 aromatic rings. The van der Waals surface area contributed by atoms with Crippen LogP contribution in [0.1, 0.15) is 5.69 Å². The van der Waals surface area contributed by atoms with Gasteiger partial charge in [0, 0.05) is 10.3 Å². The van der Waals surface area contributed by atoms with Gasteiger partial charge in [0.1, 0.15) is 0 Å². The lowest BCUT2D eigenvalue weighted by molar-refractivity contribution is 1.36. The first-order chi connectivity index (χ1) is 5.81.